The molecule has 0 spiro atoms. The summed E-state index contributed by atoms with van der Waals surface area (Å²) in [5.74, 6) is 0. The smallest absolute Gasteiger partial charge is 0.243 e. The van der Waals surface area contributed by atoms with Gasteiger partial charge in [-0.25, -0.2) is 13.4 Å². The maximum atomic E-state index is 12.8. The normalized spacial score (nSPS) is 12.1. The molecule has 0 amide bonds. The number of rotatable bonds is 5. The van der Waals surface area contributed by atoms with E-state index in [0.717, 1.165) is 16.9 Å². The van der Waals surface area contributed by atoms with Crippen LogP contribution in [0.15, 0.2) is 59.8 Å². The van der Waals surface area contributed by atoms with Crippen molar-refractivity contribution in [3.8, 4) is 0 Å². The first kappa shape index (κ1) is 15.7. The molecule has 6 heteroatoms. The van der Waals surface area contributed by atoms with Gasteiger partial charge in [-0.2, -0.15) is 4.31 Å². The van der Waals surface area contributed by atoms with Gasteiger partial charge in [-0.05, 0) is 31.2 Å². The Hall–Kier alpha value is -2.18. The SMILES string of the molecule is CCN(Cc1cnc2ccccn12)S(=O)(=O)c1ccc(C)cc1. The fourth-order valence-corrected chi connectivity index (χ4v) is 3.93. The lowest BCUT2D eigenvalue weighted by molar-refractivity contribution is 0.418. The van der Waals surface area contributed by atoms with E-state index in [4.69, 9.17) is 0 Å². The number of aromatic nitrogens is 2. The van der Waals surface area contributed by atoms with Crippen molar-refractivity contribution in [1.29, 1.82) is 0 Å². The number of hydrogen-bond acceptors (Lipinski definition) is 3. The van der Waals surface area contributed by atoms with Crippen LogP contribution in [0.1, 0.15) is 18.2 Å². The summed E-state index contributed by atoms with van der Waals surface area (Å²) in [6.45, 7) is 4.47. The summed E-state index contributed by atoms with van der Waals surface area (Å²) in [5.41, 5.74) is 2.69. The van der Waals surface area contributed by atoms with Crippen LogP contribution in [0.25, 0.3) is 5.65 Å². The number of sulfonamides is 1. The van der Waals surface area contributed by atoms with Crippen LogP contribution in [-0.4, -0.2) is 28.7 Å². The number of fused-ring (bicyclic) bond motifs is 1. The van der Waals surface area contributed by atoms with Gasteiger partial charge in [0.05, 0.1) is 23.3 Å². The topological polar surface area (TPSA) is 54.7 Å². The maximum absolute atomic E-state index is 12.8. The summed E-state index contributed by atoms with van der Waals surface area (Å²) in [6, 6.07) is 12.7. The van der Waals surface area contributed by atoms with E-state index in [9.17, 15) is 8.42 Å². The van der Waals surface area contributed by atoms with Crippen LogP contribution < -0.4 is 0 Å². The van der Waals surface area contributed by atoms with Crippen molar-refractivity contribution in [3.63, 3.8) is 0 Å². The van der Waals surface area contributed by atoms with Crippen LogP contribution in [0.3, 0.4) is 0 Å². The molecule has 0 aliphatic carbocycles. The first-order chi connectivity index (χ1) is 11.0. The highest BCUT2D eigenvalue weighted by atomic mass is 32.2. The van der Waals surface area contributed by atoms with Gasteiger partial charge in [-0.3, -0.25) is 0 Å². The molecule has 0 atom stereocenters. The highest BCUT2D eigenvalue weighted by molar-refractivity contribution is 7.89. The van der Waals surface area contributed by atoms with Crippen molar-refractivity contribution in [3.05, 3.63) is 66.1 Å². The van der Waals surface area contributed by atoms with Gasteiger partial charge in [0.2, 0.25) is 10.0 Å². The molecular weight excluding hydrogens is 310 g/mol. The Morgan fingerprint density at radius 1 is 1.13 bits per heavy atom. The van der Waals surface area contributed by atoms with Crippen LogP contribution in [0.2, 0.25) is 0 Å². The standard InChI is InChI=1S/C17H19N3O2S/c1-3-19(23(21,22)16-9-7-14(2)8-10-16)13-15-12-18-17-6-4-5-11-20(15)17/h4-12H,3,13H2,1-2H3. The molecule has 3 aromatic rings. The molecule has 0 aliphatic rings. The van der Waals surface area contributed by atoms with Crippen molar-refractivity contribution < 1.29 is 8.42 Å². The van der Waals surface area contributed by atoms with E-state index < -0.39 is 10.0 Å². The molecule has 1 aromatic carbocycles. The summed E-state index contributed by atoms with van der Waals surface area (Å²) in [4.78, 5) is 4.63. The number of nitrogens with zero attached hydrogens (tertiary/aromatic N) is 3. The molecule has 23 heavy (non-hydrogen) atoms. The van der Waals surface area contributed by atoms with Crippen molar-refractivity contribution in [2.75, 3.05) is 6.54 Å². The molecule has 2 heterocycles. The second-order valence-corrected chi connectivity index (χ2v) is 7.36. The Morgan fingerprint density at radius 2 is 1.87 bits per heavy atom. The van der Waals surface area contributed by atoms with E-state index in [2.05, 4.69) is 4.98 Å². The first-order valence-electron chi connectivity index (χ1n) is 7.50. The molecule has 120 valence electrons. The highest BCUT2D eigenvalue weighted by Crippen LogP contribution is 2.19. The van der Waals surface area contributed by atoms with Crippen molar-refractivity contribution in [2.45, 2.75) is 25.3 Å². The molecule has 2 aromatic heterocycles. The van der Waals surface area contributed by atoms with E-state index in [1.54, 1.807) is 18.3 Å². The van der Waals surface area contributed by atoms with Gasteiger partial charge < -0.3 is 4.40 Å². The van der Waals surface area contributed by atoms with Crippen LogP contribution in [0, 0.1) is 6.92 Å². The molecule has 0 N–H and O–H groups in total. The van der Waals surface area contributed by atoms with Gasteiger partial charge in [0.1, 0.15) is 5.65 Å². The average molecular weight is 329 g/mol. The van der Waals surface area contributed by atoms with Gasteiger partial charge in [0.25, 0.3) is 0 Å². The predicted molar refractivity (Wildman–Crippen MR) is 89.6 cm³/mol. The number of pyridine rings is 1. The highest BCUT2D eigenvalue weighted by Gasteiger charge is 2.24. The second-order valence-electron chi connectivity index (χ2n) is 5.42. The van der Waals surface area contributed by atoms with Crippen molar-refractivity contribution in [1.82, 2.24) is 13.7 Å². The molecule has 0 fully saturated rings. The number of imidazole rings is 1. The van der Waals surface area contributed by atoms with Crippen molar-refractivity contribution in [2.24, 2.45) is 0 Å². The van der Waals surface area contributed by atoms with Crippen LogP contribution in [0.5, 0.6) is 0 Å². The van der Waals surface area contributed by atoms with Gasteiger partial charge in [-0.15, -0.1) is 0 Å². The van der Waals surface area contributed by atoms with Gasteiger partial charge in [0, 0.05) is 12.7 Å². The molecular formula is C17H19N3O2S. The minimum Gasteiger partial charge on any atom is -0.303 e. The fourth-order valence-electron chi connectivity index (χ4n) is 2.51. The molecule has 5 nitrogen and oxygen atoms in total. The zero-order chi connectivity index (χ0) is 16.4. The summed E-state index contributed by atoms with van der Waals surface area (Å²) in [6.07, 6.45) is 3.62. The Balaban J connectivity index is 1.94. The van der Waals surface area contributed by atoms with E-state index >= 15 is 0 Å². The third-order valence-electron chi connectivity index (χ3n) is 3.84. The lowest BCUT2D eigenvalue weighted by Crippen LogP contribution is -2.30. The lowest BCUT2D eigenvalue weighted by Gasteiger charge is -2.20. The van der Waals surface area contributed by atoms with E-state index in [0.29, 0.717) is 11.4 Å². The fraction of sp³-hybridized carbons (Fsp3) is 0.235. The molecule has 0 saturated heterocycles. The molecule has 0 radical (unpaired) electrons. The van der Waals surface area contributed by atoms with Crippen LogP contribution >= 0.6 is 0 Å². The quantitative estimate of drug-likeness (QED) is 0.723. The minimum atomic E-state index is -3.52. The average Bonchev–Trinajstić information content (AvgIpc) is 2.96. The minimum absolute atomic E-state index is 0.290. The summed E-state index contributed by atoms with van der Waals surface area (Å²) in [5, 5.41) is 0. The Labute approximate surface area is 136 Å². The molecule has 3 rings (SSSR count). The van der Waals surface area contributed by atoms with Gasteiger partial charge in [0.15, 0.2) is 0 Å². The van der Waals surface area contributed by atoms with Gasteiger partial charge >= 0.3 is 0 Å². The summed E-state index contributed by atoms with van der Waals surface area (Å²) < 4.78 is 29.0. The third-order valence-corrected chi connectivity index (χ3v) is 5.78. The Kier molecular flexibility index (Phi) is 4.19. The predicted octanol–water partition coefficient (Wildman–Crippen LogP) is 2.85. The molecule has 0 aliphatic heterocycles. The summed E-state index contributed by atoms with van der Waals surface area (Å²) in [7, 11) is -3.52. The van der Waals surface area contributed by atoms with E-state index in [-0.39, 0.29) is 6.54 Å². The van der Waals surface area contributed by atoms with Crippen LogP contribution in [-0.2, 0) is 16.6 Å². The van der Waals surface area contributed by atoms with Gasteiger partial charge in [-0.1, -0.05) is 30.7 Å². The Morgan fingerprint density at radius 3 is 2.57 bits per heavy atom. The zero-order valence-corrected chi connectivity index (χ0v) is 14.0. The molecule has 0 bridgehead atoms. The monoisotopic (exact) mass is 329 g/mol. The van der Waals surface area contributed by atoms with E-state index in [1.807, 2.05) is 54.8 Å². The number of aryl methyl sites for hydroxylation is 1. The largest absolute Gasteiger partial charge is 0.303 e. The van der Waals surface area contributed by atoms with E-state index in [1.165, 1.54) is 4.31 Å². The third kappa shape index (κ3) is 3.00. The number of benzene rings is 1. The summed E-state index contributed by atoms with van der Waals surface area (Å²) >= 11 is 0. The number of hydrogen-bond donors (Lipinski definition) is 0. The first-order valence-corrected chi connectivity index (χ1v) is 8.94. The maximum Gasteiger partial charge on any atom is 0.243 e. The van der Waals surface area contributed by atoms with Crippen LogP contribution in [0.4, 0.5) is 0 Å². The molecule has 0 unspecified atom stereocenters. The second kappa shape index (κ2) is 6.14. The zero-order valence-electron chi connectivity index (χ0n) is 13.2. The molecule has 0 saturated carbocycles. The Bertz CT molecular complexity index is 914. The lowest BCUT2D eigenvalue weighted by atomic mass is 10.2. The van der Waals surface area contributed by atoms with Crippen molar-refractivity contribution >= 4 is 15.7 Å².